The van der Waals surface area contributed by atoms with E-state index in [0.717, 1.165) is 44.5 Å². The van der Waals surface area contributed by atoms with Gasteiger partial charge in [0, 0.05) is 37.6 Å². The Labute approximate surface area is 160 Å². The van der Waals surface area contributed by atoms with Crippen LogP contribution in [0.1, 0.15) is 43.5 Å². The lowest BCUT2D eigenvalue weighted by Gasteiger charge is -2.36. The first kappa shape index (κ1) is 17.0. The third kappa shape index (κ3) is 2.98. The van der Waals surface area contributed by atoms with Crippen molar-refractivity contribution >= 4 is 5.91 Å². The summed E-state index contributed by atoms with van der Waals surface area (Å²) in [4.78, 5) is 20.6. The first-order chi connectivity index (χ1) is 13.2. The van der Waals surface area contributed by atoms with Crippen molar-refractivity contribution in [3.05, 3.63) is 54.1 Å². The molecule has 0 spiro atoms. The zero-order chi connectivity index (χ0) is 18.4. The second-order valence-electron chi connectivity index (χ2n) is 8.64. The predicted molar refractivity (Wildman–Crippen MR) is 104 cm³/mol. The fourth-order valence-corrected chi connectivity index (χ4v) is 5.29. The number of amides is 1. The van der Waals surface area contributed by atoms with E-state index in [2.05, 4.69) is 57.1 Å². The Balaban J connectivity index is 1.45. The third-order valence-corrected chi connectivity index (χ3v) is 6.85. The summed E-state index contributed by atoms with van der Waals surface area (Å²) >= 11 is 0. The quantitative estimate of drug-likeness (QED) is 0.857. The van der Waals surface area contributed by atoms with Crippen molar-refractivity contribution in [2.24, 2.45) is 12.5 Å². The topological polar surface area (TPSA) is 50.2 Å². The van der Waals surface area contributed by atoms with Crippen molar-refractivity contribution in [1.82, 2.24) is 19.8 Å². The van der Waals surface area contributed by atoms with E-state index in [0.29, 0.717) is 18.1 Å². The molecule has 5 nitrogen and oxygen atoms in total. The Morgan fingerprint density at radius 3 is 2.74 bits per heavy atom. The van der Waals surface area contributed by atoms with E-state index in [1.54, 1.807) is 0 Å². The van der Waals surface area contributed by atoms with Gasteiger partial charge in [0.25, 0.3) is 0 Å². The lowest BCUT2D eigenvalue weighted by atomic mass is 9.69. The van der Waals surface area contributed by atoms with Crippen LogP contribution in [0.3, 0.4) is 0 Å². The van der Waals surface area contributed by atoms with Gasteiger partial charge in [0.2, 0.25) is 5.91 Å². The molecule has 2 aliphatic heterocycles. The van der Waals surface area contributed by atoms with Crippen molar-refractivity contribution in [2.75, 3.05) is 0 Å². The number of rotatable bonds is 6. The molecule has 3 fully saturated rings. The lowest BCUT2D eigenvalue weighted by molar-refractivity contribution is -0.133. The Morgan fingerprint density at radius 2 is 2.04 bits per heavy atom. The molecule has 0 unspecified atom stereocenters. The Bertz CT molecular complexity index is 828. The number of nitrogens with zero attached hydrogens (tertiary/aromatic N) is 3. The molecule has 3 atom stereocenters. The van der Waals surface area contributed by atoms with Crippen LogP contribution in [0.15, 0.2) is 42.7 Å². The van der Waals surface area contributed by atoms with Gasteiger partial charge in [-0.3, -0.25) is 9.69 Å². The maximum atomic E-state index is 13.5. The predicted octanol–water partition coefficient (Wildman–Crippen LogP) is 2.66. The SMILES string of the molecule is Cn1ccnc1CN1[C@H]2CC[C@@H]1[C@](Cc1ccccc1)(C(=O)NC1CC1)C2. The highest BCUT2D eigenvalue weighted by atomic mass is 16.2. The smallest absolute Gasteiger partial charge is 0.228 e. The van der Waals surface area contributed by atoms with Crippen molar-refractivity contribution < 1.29 is 4.79 Å². The van der Waals surface area contributed by atoms with Crippen LogP contribution < -0.4 is 5.32 Å². The first-order valence-electron chi connectivity index (χ1n) is 10.2. The minimum absolute atomic E-state index is 0.283. The molecule has 2 saturated heterocycles. The second-order valence-corrected chi connectivity index (χ2v) is 8.64. The average Bonchev–Trinajstić information content (AvgIpc) is 3.17. The summed E-state index contributed by atoms with van der Waals surface area (Å²) in [7, 11) is 2.05. The molecule has 5 heteroatoms. The molecule has 1 aromatic heterocycles. The minimum atomic E-state index is -0.308. The summed E-state index contributed by atoms with van der Waals surface area (Å²) in [6.45, 7) is 0.839. The molecular formula is C22H28N4O. The monoisotopic (exact) mass is 364 g/mol. The first-order valence-corrected chi connectivity index (χ1v) is 10.2. The van der Waals surface area contributed by atoms with Crippen LogP contribution in [0.5, 0.6) is 0 Å². The van der Waals surface area contributed by atoms with E-state index in [9.17, 15) is 4.79 Å². The molecule has 1 saturated carbocycles. The molecule has 1 N–H and O–H groups in total. The van der Waals surface area contributed by atoms with Gasteiger partial charge in [-0.2, -0.15) is 0 Å². The van der Waals surface area contributed by atoms with Gasteiger partial charge in [-0.15, -0.1) is 0 Å². The highest BCUT2D eigenvalue weighted by Gasteiger charge is 2.59. The fraction of sp³-hybridized carbons (Fsp3) is 0.545. The van der Waals surface area contributed by atoms with E-state index < -0.39 is 0 Å². The highest BCUT2D eigenvalue weighted by Crippen LogP contribution is 2.52. The number of hydrogen-bond acceptors (Lipinski definition) is 3. The van der Waals surface area contributed by atoms with Crippen molar-refractivity contribution in [1.29, 1.82) is 0 Å². The van der Waals surface area contributed by atoms with Crippen LogP contribution in [0.2, 0.25) is 0 Å². The van der Waals surface area contributed by atoms with Crippen LogP contribution in [0.25, 0.3) is 0 Å². The van der Waals surface area contributed by atoms with Gasteiger partial charge in [0.05, 0.1) is 12.0 Å². The van der Waals surface area contributed by atoms with Crippen molar-refractivity contribution in [3.63, 3.8) is 0 Å². The van der Waals surface area contributed by atoms with E-state index in [1.807, 2.05) is 12.4 Å². The van der Waals surface area contributed by atoms with E-state index in [4.69, 9.17) is 0 Å². The summed E-state index contributed by atoms with van der Waals surface area (Å²) in [6.07, 6.45) is 10.3. The van der Waals surface area contributed by atoms with Gasteiger partial charge < -0.3 is 9.88 Å². The van der Waals surface area contributed by atoms with E-state index in [-0.39, 0.29) is 11.3 Å². The van der Waals surface area contributed by atoms with Crippen LogP contribution in [0, 0.1) is 5.41 Å². The van der Waals surface area contributed by atoms with Crippen LogP contribution >= 0.6 is 0 Å². The third-order valence-electron chi connectivity index (χ3n) is 6.85. The lowest BCUT2D eigenvalue weighted by Crippen LogP contribution is -2.51. The average molecular weight is 364 g/mol. The largest absolute Gasteiger partial charge is 0.353 e. The highest BCUT2D eigenvalue weighted by molar-refractivity contribution is 5.85. The zero-order valence-corrected chi connectivity index (χ0v) is 16.0. The Morgan fingerprint density at radius 1 is 1.22 bits per heavy atom. The number of benzene rings is 1. The number of hydrogen-bond donors (Lipinski definition) is 1. The number of aromatic nitrogens is 2. The number of aryl methyl sites for hydroxylation is 1. The Hall–Kier alpha value is -2.14. The maximum Gasteiger partial charge on any atom is 0.228 e. The normalized spacial score (nSPS) is 30.0. The second kappa shape index (κ2) is 6.48. The fourth-order valence-electron chi connectivity index (χ4n) is 5.29. The molecule has 0 radical (unpaired) electrons. The molecule has 2 aromatic rings. The number of fused-ring (bicyclic) bond motifs is 2. The molecule has 3 heterocycles. The molecule has 27 heavy (non-hydrogen) atoms. The molecule has 5 rings (SSSR count). The molecule has 3 aliphatic rings. The van der Waals surface area contributed by atoms with Crippen molar-refractivity contribution in [3.8, 4) is 0 Å². The van der Waals surface area contributed by atoms with E-state index in [1.165, 1.54) is 12.0 Å². The van der Waals surface area contributed by atoms with Gasteiger partial charge in [0.1, 0.15) is 5.82 Å². The standard InChI is InChI=1S/C22H28N4O/c1-25-12-11-23-20(25)15-26-18-9-10-19(26)22(14-18,21(27)24-17-7-8-17)13-16-5-3-2-4-6-16/h2-6,11-12,17-19H,7-10,13-15H2,1H3,(H,24,27)/t18-,19+,22+/m0/s1. The van der Waals surface area contributed by atoms with Gasteiger partial charge in [-0.05, 0) is 44.1 Å². The number of nitrogens with one attached hydrogen (secondary N) is 1. The molecule has 142 valence electrons. The van der Waals surface area contributed by atoms with Crippen LogP contribution in [-0.2, 0) is 24.8 Å². The summed E-state index contributed by atoms with van der Waals surface area (Å²) < 4.78 is 2.10. The van der Waals surface area contributed by atoms with Gasteiger partial charge in [-0.1, -0.05) is 30.3 Å². The molecule has 1 aliphatic carbocycles. The van der Waals surface area contributed by atoms with Gasteiger partial charge in [-0.25, -0.2) is 4.98 Å². The number of carbonyl (C=O) groups excluding carboxylic acids is 1. The van der Waals surface area contributed by atoms with Crippen LogP contribution in [-0.4, -0.2) is 38.5 Å². The molecular weight excluding hydrogens is 336 g/mol. The summed E-state index contributed by atoms with van der Waals surface area (Å²) in [5, 5.41) is 3.35. The molecule has 1 amide bonds. The Kier molecular flexibility index (Phi) is 4.08. The van der Waals surface area contributed by atoms with Crippen molar-refractivity contribution in [2.45, 2.75) is 63.2 Å². The number of carbonyl (C=O) groups is 1. The summed E-state index contributed by atoms with van der Waals surface area (Å²) in [5.41, 5.74) is 0.964. The van der Waals surface area contributed by atoms with E-state index >= 15 is 0 Å². The van der Waals surface area contributed by atoms with Crippen LogP contribution in [0.4, 0.5) is 0 Å². The summed E-state index contributed by atoms with van der Waals surface area (Å²) in [6, 6.07) is 11.8. The molecule has 2 bridgehead atoms. The van der Waals surface area contributed by atoms with Gasteiger partial charge in [0.15, 0.2) is 0 Å². The minimum Gasteiger partial charge on any atom is -0.353 e. The summed E-state index contributed by atoms with van der Waals surface area (Å²) in [5.74, 6) is 1.37. The number of imidazole rings is 1. The zero-order valence-electron chi connectivity index (χ0n) is 16.0. The molecule has 1 aromatic carbocycles. The van der Waals surface area contributed by atoms with Gasteiger partial charge >= 0.3 is 0 Å². The maximum absolute atomic E-state index is 13.5.